The third-order valence-electron chi connectivity index (χ3n) is 5.06. The molecular weight excluding hydrogens is 228 g/mol. The lowest BCUT2D eigenvalue weighted by atomic mass is 9.70. The third-order valence-corrected chi connectivity index (χ3v) is 5.06. The van der Waals surface area contributed by atoms with Crippen molar-refractivity contribution in [1.82, 2.24) is 0 Å². The van der Waals surface area contributed by atoms with E-state index >= 15 is 0 Å². The molecule has 1 heterocycles. The lowest BCUT2D eigenvalue weighted by Gasteiger charge is -2.48. The Morgan fingerprint density at radius 3 is 2.61 bits per heavy atom. The molecule has 2 saturated carbocycles. The molecule has 3 atom stereocenters. The molecule has 0 aromatic rings. The van der Waals surface area contributed by atoms with Crippen molar-refractivity contribution in [3.8, 4) is 0 Å². The van der Waals surface area contributed by atoms with Crippen LogP contribution in [0.4, 0.5) is 0 Å². The van der Waals surface area contributed by atoms with E-state index in [0.29, 0.717) is 18.4 Å². The zero-order valence-corrected chi connectivity index (χ0v) is 11.4. The van der Waals surface area contributed by atoms with Gasteiger partial charge < -0.3 is 14.6 Å². The number of hydrogen-bond acceptors (Lipinski definition) is 3. The van der Waals surface area contributed by atoms with Crippen LogP contribution in [-0.4, -0.2) is 36.1 Å². The highest BCUT2D eigenvalue weighted by atomic mass is 16.5. The molecule has 1 saturated heterocycles. The Morgan fingerprint density at radius 1 is 1.28 bits per heavy atom. The van der Waals surface area contributed by atoms with Crippen molar-refractivity contribution < 1.29 is 14.6 Å². The molecule has 0 aromatic carbocycles. The highest BCUT2D eigenvalue weighted by molar-refractivity contribution is 4.98. The van der Waals surface area contributed by atoms with Gasteiger partial charge in [-0.3, -0.25) is 0 Å². The summed E-state index contributed by atoms with van der Waals surface area (Å²) in [5, 5.41) is 10.6. The van der Waals surface area contributed by atoms with Crippen LogP contribution in [0.2, 0.25) is 0 Å². The summed E-state index contributed by atoms with van der Waals surface area (Å²) >= 11 is 0. The van der Waals surface area contributed by atoms with Crippen molar-refractivity contribution in [3.05, 3.63) is 0 Å². The van der Waals surface area contributed by atoms with E-state index in [1.165, 1.54) is 32.1 Å². The molecule has 0 radical (unpaired) electrons. The van der Waals surface area contributed by atoms with E-state index in [2.05, 4.69) is 0 Å². The topological polar surface area (TPSA) is 38.7 Å². The van der Waals surface area contributed by atoms with Crippen LogP contribution in [0.3, 0.4) is 0 Å². The Balaban J connectivity index is 1.61. The van der Waals surface area contributed by atoms with Crippen molar-refractivity contribution in [2.75, 3.05) is 13.2 Å². The van der Waals surface area contributed by atoms with E-state index in [4.69, 9.17) is 9.47 Å². The zero-order valence-electron chi connectivity index (χ0n) is 11.4. The van der Waals surface area contributed by atoms with E-state index in [1.807, 2.05) is 6.92 Å². The van der Waals surface area contributed by atoms with Crippen LogP contribution in [0, 0.1) is 11.8 Å². The quantitative estimate of drug-likeness (QED) is 0.819. The van der Waals surface area contributed by atoms with Crippen LogP contribution in [-0.2, 0) is 9.47 Å². The molecule has 18 heavy (non-hydrogen) atoms. The lowest BCUT2D eigenvalue weighted by Crippen LogP contribution is -2.50. The molecule has 3 unspecified atom stereocenters. The Morgan fingerprint density at radius 2 is 2.06 bits per heavy atom. The van der Waals surface area contributed by atoms with Gasteiger partial charge >= 0.3 is 0 Å². The van der Waals surface area contributed by atoms with Gasteiger partial charge in [0.2, 0.25) is 0 Å². The Hall–Kier alpha value is -0.120. The minimum absolute atomic E-state index is 0.0789. The van der Waals surface area contributed by atoms with Gasteiger partial charge in [0.15, 0.2) is 0 Å². The van der Waals surface area contributed by atoms with Gasteiger partial charge in [-0.05, 0) is 63.7 Å². The first-order chi connectivity index (χ1) is 8.74. The smallest absolute Gasteiger partial charge is 0.0864 e. The minimum Gasteiger partial charge on any atom is -0.390 e. The van der Waals surface area contributed by atoms with E-state index in [-0.39, 0.29) is 17.8 Å². The molecule has 2 aliphatic carbocycles. The van der Waals surface area contributed by atoms with Gasteiger partial charge in [0, 0.05) is 13.2 Å². The minimum atomic E-state index is -0.279. The molecule has 3 aliphatic rings. The third kappa shape index (κ3) is 2.45. The highest BCUT2D eigenvalue weighted by Crippen LogP contribution is 2.47. The van der Waals surface area contributed by atoms with E-state index in [9.17, 15) is 5.11 Å². The number of aliphatic hydroxyl groups excluding tert-OH is 1. The van der Waals surface area contributed by atoms with Gasteiger partial charge in [-0.2, -0.15) is 0 Å². The molecule has 0 aromatic heterocycles. The van der Waals surface area contributed by atoms with Crippen LogP contribution in [0.1, 0.15) is 51.9 Å². The van der Waals surface area contributed by atoms with Crippen LogP contribution in [0.5, 0.6) is 0 Å². The fraction of sp³-hybridized carbons (Fsp3) is 1.00. The molecule has 1 N–H and O–H groups in total. The predicted molar refractivity (Wildman–Crippen MR) is 69.4 cm³/mol. The maximum Gasteiger partial charge on any atom is 0.0864 e. The van der Waals surface area contributed by atoms with Crippen LogP contribution >= 0.6 is 0 Å². The van der Waals surface area contributed by atoms with Gasteiger partial charge in [-0.15, -0.1) is 0 Å². The van der Waals surface area contributed by atoms with Crippen molar-refractivity contribution in [2.45, 2.75) is 69.7 Å². The number of aliphatic hydroxyl groups is 1. The molecule has 0 amide bonds. The first-order valence-corrected chi connectivity index (χ1v) is 7.68. The van der Waals surface area contributed by atoms with Gasteiger partial charge in [0.05, 0.1) is 17.8 Å². The lowest BCUT2D eigenvalue weighted by molar-refractivity contribution is -0.171. The second-order valence-electron chi connectivity index (χ2n) is 6.39. The van der Waals surface area contributed by atoms with Crippen molar-refractivity contribution in [3.63, 3.8) is 0 Å². The number of hydrogen-bond donors (Lipinski definition) is 1. The fourth-order valence-electron chi connectivity index (χ4n) is 3.68. The maximum absolute atomic E-state index is 10.6. The standard InChI is InChI=1S/C15H26O3/c1-2-17-14(11-4-5-11)13(16)12-6-9-18-15(10-12)7-3-8-15/h11-14,16H,2-10H2,1H3. The van der Waals surface area contributed by atoms with Crippen LogP contribution < -0.4 is 0 Å². The summed E-state index contributed by atoms with van der Waals surface area (Å²) in [7, 11) is 0. The van der Waals surface area contributed by atoms with Crippen LogP contribution in [0.15, 0.2) is 0 Å². The van der Waals surface area contributed by atoms with Gasteiger partial charge in [0.25, 0.3) is 0 Å². The van der Waals surface area contributed by atoms with E-state index < -0.39 is 0 Å². The first-order valence-electron chi connectivity index (χ1n) is 7.68. The molecular formula is C15H26O3. The zero-order chi connectivity index (χ0) is 12.6. The highest BCUT2D eigenvalue weighted by Gasteiger charge is 2.47. The molecule has 1 aliphatic heterocycles. The second kappa shape index (κ2) is 5.10. The average Bonchev–Trinajstić information content (AvgIpc) is 3.17. The molecule has 3 fully saturated rings. The monoisotopic (exact) mass is 254 g/mol. The molecule has 1 spiro atoms. The summed E-state index contributed by atoms with van der Waals surface area (Å²) in [6.45, 7) is 3.57. The van der Waals surface area contributed by atoms with Gasteiger partial charge in [-0.1, -0.05) is 0 Å². The first kappa shape index (κ1) is 12.9. The molecule has 3 rings (SSSR count). The average molecular weight is 254 g/mol. The molecule has 3 heteroatoms. The summed E-state index contributed by atoms with van der Waals surface area (Å²) < 4.78 is 11.8. The summed E-state index contributed by atoms with van der Waals surface area (Å²) in [5.74, 6) is 0.997. The summed E-state index contributed by atoms with van der Waals surface area (Å²) in [5.41, 5.74) is 0.129. The number of ether oxygens (including phenoxy) is 2. The Bertz CT molecular complexity index is 283. The predicted octanol–water partition coefficient (Wildman–Crippen LogP) is 2.51. The SMILES string of the molecule is CCOC(C1CC1)C(O)C1CCOC2(CCC2)C1. The van der Waals surface area contributed by atoms with Crippen LogP contribution in [0.25, 0.3) is 0 Å². The van der Waals surface area contributed by atoms with Crippen molar-refractivity contribution >= 4 is 0 Å². The second-order valence-corrected chi connectivity index (χ2v) is 6.39. The number of rotatable bonds is 5. The molecule has 0 bridgehead atoms. The maximum atomic E-state index is 10.6. The Kier molecular flexibility index (Phi) is 3.65. The van der Waals surface area contributed by atoms with Gasteiger partial charge in [-0.25, -0.2) is 0 Å². The van der Waals surface area contributed by atoms with Gasteiger partial charge in [0.1, 0.15) is 0 Å². The molecule has 104 valence electrons. The summed E-state index contributed by atoms with van der Waals surface area (Å²) in [6, 6.07) is 0. The fourth-order valence-corrected chi connectivity index (χ4v) is 3.68. The summed E-state index contributed by atoms with van der Waals surface area (Å²) in [4.78, 5) is 0. The molecule has 3 nitrogen and oxygen atoms in total. The normalized spacial score (nSPS) is 34.0. The Labute approximate surface area is 110 Å². The van der Waals surface area contributed by atoms with E-state index in [1.54, 1.807) is 0 Å². The van der Waals surface area contributed by atoms with E-state index in [0.717, 1.165) is 19.4 Å². The largest absolute Gasteiger partial charge is 0.390 e. The van der Waals surface area contributed by atoms with Crippen molar-refractivity contribution in [2.24, 2.45) is 11.8 Å². The van der Waals surface area contributed by atoms with Crippen molar-refractivity contribution in [1.29, 1.82) is 0 Å². The summed E-state index contributed by atoms with van der Waals surface area (Å²) in [6.07, 6.45) is 7.99.